The first kappa shape index (κ1) is 13.5. The Hall–Kier alpha value is -1.52. The molecule has 1 aromatic rings. The largest absolute Gasteiger partial charge is 0.478 e. The highest BCUT2D eigenvalue weighted by Crippen LogP contribution is 2.28. The second-order valence-corrected chi connectivity index (χ2v) is 4.11. The highest BCUT2D eigenvalue weighted by Gasteiger charge is 2.12. The molecule has 0 aromatic heterocycles. The first-order valence-electron chi connectivity index (χ1n) is 4.47. The number of benzene rings is 1. The third-order valence-electron chi connectivity index (χ3n) is 2.02. The van der Waals surface area contributed by atoms with E-state index in [4.69, 9.17) is 33.4 Å². The van der Waals surface area contributed by atoms with Crippen LogP contribution in [-0.4, -0.2) is 22.2 Å². The molecular formula is C11H8Cl2O4. The van der Waals surface area contributed by atoms with Gasteiger partial charge < -0.3 is 10.2 Å². The van der Waals surface area contributed by atoms with Crippen molar-refractivity contribution in [3.63, 3.8) is 0 Å². The lowest BCUT2D eigenvalue weighted by atomic mass is 10.1. The van der Waals surface area contributed by atoms with Crippen molar-refractivity contribution >= 4 is 41.2 Å². The van der Waals surface area contributed by atoms with Gasteiger partial charge >= 0.3 is 11.9 Å². The van der Waals surface area contributed by atoms with Crippen molar-refractivity contribution in [1.29, 1.82) is 0 Å². The van der Waals surface area contributed by atoms with E-state index in [0.717, 1.165) is 0 Å². The van der Waals surface area contributed by atoms with Gasteiger partial charge in [-0.2, -0.15) is 0 Å². The molecule has 0 unspecified atom stereocenters. The van der Waals surface area contributed by atoms with Gasteiger partial charge in [0, 0.05) is 11.1 Å². The molecule has 1 aromatic carbocycles. The van der Waals surface area contributed by atoms with E-state index in [2.05, 4.69) is 0 Å². The van der Waals surface area contributed by atoms with E-state index in [9.17, 15) is 9.59 Å². The van der Waals surface area contributed by atoms with Crippen molar-refractivity contribution < 1.29 is 19.8 Å². The maximum atomic E-state index is 10.7. The minimum atomic E-state index is -1.15. The molecule has 2 N–H and O–H groups in total. The van der Waals surface area contributed by atoms with E-state index >= 15 is 0 Å². The number of rotatable bonds is 3. The quantitative estimate of drug-likeness (QED) is 0.831. The van der Waals surface area contributed by atoms with Crippen molar-refractivity contribution in [3.8, 4) is 0 Å². The zero-order chi connectivity index (χ0) is 13.2. The molecule has 0 heterocycles. The zero-order valence-electron chi connectivity index (χ0n) is 8.70. The van der Waals surface area contributed by atoms with Crippen molar-refractivity contribution in [2.24, 2.45) is 0 Å². The van der Waals surface area contributed by atoms with E-state index in [1.807, 2.05) is 0 Å². The summed E-state index contributed by atoms with van der Waals surface area (Å²) in [6.45, 7) is 1.39. The molecule has 1 rings (SSSR count). The third kappa shape index (κ3) is 3.22. The zero-order valence-corrected chi connectivity index (χ0v) is 10.2. The topological polar surface area (TPSA) is 74.6 Å². The minimum absolute atomic E-state index is 0.0508. The molecule has 0 radical (unpaired) electrons. The molecule has 0 saturated heterocycles. The van der Waals surface area contributed by atoms with E-state index in [1.54, 1.807) is 0 Å². The number of hydrogen-bond donors (Lipinski definition) is 2. The van der Waals surface area contributed by atoms with Crippen LogP contribution in [-0.2, 0) is 4.79 Å². The van der Waals surface area contributed by atoms with Crippen molar-refractivity contribution in [2.75, 3.05) is 0 Å². The maximum Gasteiger partial charge on any atom is 0.335 e. The number of carboxylic acids is 2. The van der Waals surface area contributed by atoms with Crippen LogP contribution in [0.2, 0.25) is 10.0 Å². The second-order valence-electron chi connectivity index (χ2n) is 3.29. The molecule has 90 valence electrons. The SMILES string of the molecule is C/C(=C\c1c(Cl)cc(C(=O)O)cc1Cl)C(=O)O. The summed E-state index contributed by atoms with van der Waals surface area (Å²) < 4.78 is 0. The Bertz CT molecular complexity index is 497. The standard InChI is InChI=1S/C11H8Cl2O4/c1-5(10(14)15)2-7-8(12)3-6(11(16)17)4-9(7)13/h2-4H,1H3,(H,14,15)(H,16,17)/b5-2+. The summed E-state index contributed by atoms with van der Waals surface area (Å²) in [6.07, 6.45) is 1.29. The fourth-order valence-electron chi connectivity index (χ4n) is 1.12. The lowest BCUT2D eigenvalue weighted by molar-refractivity contribution is -0.132. The molecule has 6 heteroatoms. The summed E-state index contributed by atoms with van der Waals surface area (Å²) in [4.78, 5) is 21.4. The van der Waals surface area contributed by atoms with Crippen LogP contribution in [0.15, 0.2) is 17.7 Å². The molecule has 0 atom stereocenters. The van der Waals surface area contributed by atoms with Gasteiger partial charge in [0.25, 0.3) is 0 Å². The Balaban J connectivity index is 3.33. The molecule has 0 amide bonds. The number of aromatic carboxylic acids is 1. The Kier molecular flexibility index (Phi) is 4.15. The van der Waals surface area contributed by atoms with Gasteiger partial charge in [-0.15, -0.1) is 0 Å². The van der Waals surface area contributed by atoms with Gasteiger partial charge in [0.05, 0.1) is 15.6 Å². The van der Waals surface area contributed by atoms with Crippen LogP contribution < -0.4 is 0 Å². The lowest BCUT2D eigenvalue weighted by Gasteiger charge is -2.05. The summed E-state index contributed by atoms with van der Waals surface area (Å²) in [5, 5.41) is 17.7. The highest BCUT2D eigenvalue weighted by atomic mass is 35.5. The Morgan fingerprint density at radius 3 is 2.00 bits per heavy atom. The fourth-order valence-corrected chi connectivity index (χ4v) is 1.72. The predicted molar refractivity (Wildman–Crippen MR) is 64.7 cm³/mol. The average molecular weight is 275 g/mol. The first-order valence-corrected chi connectivity index (χ1v) is 5.22. The summed E-state index contributed by atoms with van der Waals surface area (Å²) in [5.41, 5.74) is 0.292. The molecule has 4 nitrogen and oxygen atoms in total. The minimum Gasteiger partial charge on any atom is -0.478 e. The average Bonchev–Trinajstić information content (AvgIpc) is 2.22. The molecule has 17 heavy (non-hydrogen) atoms. The van der Waals surface area contributed by atoms with Crippen molar-refractivity contribution in [2.45, 2.75) is 6.92 Å². The number of hydrogen-bond acceptors (Lipinski definition) is 2. The van der Waals surface area contributed by atoms with Crippen LogP contribution >= 0.6 is 23.2 Å². The van der Waals surface area contributed by atoms with E-state index in [0.29, 0.717) is 5.56 Å². The molecule has 0 aliphatic rings. The number of aliphatic carboxylic acids is 1. The normalized spacial score (nSPS) is 11.4. The van der Waals surface area contributed by atoms with Gasteiger partial charge in [-0.05, 0) is 25.1 Å². The van der Waals surface area contributed by atoms with Crippen LogP contribution in [0.1, 0.15) is 22.8 Å². The first-order chi connectivity index (χ1) is 7.82. The smallest absolute Gasteiger partial charge is 0.335 e. The number of halogens is 2. The number of carboxylic acid groups (broad SMARTS) is 2. The molecule has 0 fully saturated rings. The van der Waals surface area contributed by atoms with Crippen molar-refractivity contribution in [1.82, 2.24) is 0 Å². The van der Waals surface area contributed by atoms with Crippen molar-refractivity contribution in [3.05, 3.63) is 38.9 Å². The molecule has 0 aliphatic carbocycles. The van der Waals surface area contributed by atoms with Crippen LogP contribution in [0.5, 0.6) is 0 Å². The second kappa shape index (κ2) is 5.21. The third-order valence-corrected chi connectivity index (χ3v) is 2.65. The summed E-state index contributed by atoms with van der Waals surface area (Å²) in [7, 11) is 0. The summed E-state index contributed by atoms with van der Waals surface area (Å²) in [5.74, 6) is -2.25. The summed E-state index contributed by atoms with van der Waals surface area (Å²) >= 11 is 11.7. The molecule has 0 aliphatic heterocycles. The fraction of sp³-hybridized carbons (Fsp3) is 0.0909. The lowest BCUT2D eigenvalue weighted by Crippen LogP contribution is -1.99. The van der Waals surface area contributed by atoms with Gasteiger partial charge in [-0.1, -0.05) is 23.2 Å². The maximum absolute atomic E-state index is 10.7. The molecule has 0 spiro atoms. The molecule has 0 saturated carbocycles. The van der Waals surface area contributed by atoms with Gasteiger partial charge in [0.2, 0.25) is 0 Å². The molecule has 0 bridgehead atoms. The highest BCUT2D eigenvalue weighted by molar-refractivity contribution is 6.37. The number of carbonyl (C=O) groups is 2. The van der Waals surface area contributed by atoms with E-state index < -0.39 is 11.9 Å². The van der Waals surface area contributed by atoms with E-state index in [1.165, 1.54) is 25.1 Å². The van der Waals surface area contributed by atoms with Crippen LogP contribution in [0.4, 0.5) is 0 Å². The van der Waals surface area contributed by atoms with Crippen LogP contribution in [0, 0.1) is 0 Å². The Morgan fingerprint density at radius 1 is 1.18 bits per heavy atom. The van der Waals surface area contributed by atoms with Gasteiger partial charge in [-0.25, -0.2) is 9.59 Å². The van der Waals surface area contributed by atoms with Crippen LogP contribution in [0.25, 0.3) is 6.08 Å². The van der Waals surface area contributed by atoms with Crippen LogP contribution in [0.3, 0.4) is 0 Å². The Morgan fingerprint density at radius 2 is 1.65 bits per heavy atom. The Labute approximate surface area is 107 Å². The monoisotopic (exact) mass is 274 g/mol. The predicted octanol–water partition coefficient (Wildman–Crippen LogP) is 3.18. The van der Waals surface area contributed by atoms with Gasteiger partial charge in [0.15, 0.2) is 0 Å². The van der Waals surface area contributed by atoms with Gasteiger partial charge in [-0.3, -0.25) is 0 Å². The molecular weight excluding hydrogens is 267 g/mol. The van der Waals surface area contributed by atoms with Gasteiger partial charge in [0.1, 0.15) is 0 Å². The summed E-state index contributed by atoms with van der Waals surface area (Å²) in [6, 6.07) is 2.44. The van der Waals surface area contributed by atoms with E-state index in [-0.39, 0.29) is 21.2 Å².